The van der Waals surface area contributed by atoms with Crippen molar-refractivity contribution in [3.8, 4) is 0 Å². The highest BCUT2D eigenvalue weighted by molar-refractivity contribution is 6.73. The van der Waals surface area contributed by atoms with E-state index in [1.54, 1.807) is 0 Å². The second kappa shape index (κ2) is 7.69. The smallest absolute Gasteiger partial charge is 0.338 e. The van der Waals surface area contributed by atoms with Crippen molar-refractivity contribution in [1.29, 1.82) is 0 Å². The highest BCUT2D eigenvalue weighted by Gasteiger charge is 2.68. The van der Waals surface area contributed by atoms with Crippen LogP contribution in [0.2, 0.25) is 18.1 Å². The van der Waals surface area contributed by atoms with Crippen molar-refractivity contribution in [2.24, 2.45) is 5.92 Å². The van der Waals surface area contributed by atoms with E-state index in [1.807, 2.05) is 19.9 Å². The fraction of sp³-hybridized carbons (Fsp3) is 0.739. The first-order valence-corrected chi connectivity index (χ1v) is 13.6. The van der Waals surface area contributed by atoms with Crippen LogP contribution in [0, 0.1) is 5.92 Å². The van der Waals surface area contributed by atoms with Gasteiger partial charge in [-0.25, -0.2) is 4.79 Å². The van der Waals surface area contributed by atoms with Gasteiger partial charge in [0.1, 0.15) is 11.2 Å². The maximum absolute atomic E-state index is 13.5. The first-order valence-electron chi connectivity index (χ1n) is 11.1. The number of fused-ring (bicyclic) bond motifs is 2. The summed E-state index contributed by atoms with van der Waals surface area (Å²) in [5.41, 5.74) is -1.48. The van der Waals surface area contributed by atoms with E-state index in [0.29, 0.717) is 32.1 Å². The molecule has 5 nitrogen and oxygen atoms in total. The van der Waals surface area contributed by atoms with E-state index >= 15 is 0 Å². The van der Waals surface area contributed by atoms with Crippen molar-refractivity contribution in [3.05, 3.63) is 24.3 Å². The van der Waals surface area contributed by atoms with E-state index in [4.69, 9.17) is 13.9 Å². The Bertz CT molecular complexity index is 715. The van der Waals surface area contributed by atoms with Crippen LogP contribution in [-0.2, 0) is 23.5 Å². The van der Waals surface area contributed by atoms with Crippen molar-refractivity contribution in [3.63, 3.8) is 0 Å². The van der Waals surface area contributed by atoms with Crippen LogP contribution in [-0.4, -0.2) is 37.1 Å². The molecule has 2 aliphatic heterocycles. The largest absolute Gasteiger partial charge is 0.457 e. The van der Waals surface area contributed by atoms with Crippen molar-refractivity contribution in [2.75, 3.05) is 0 Å². The predicted molar refractivity (Wildman–Crippen MR) is 115 cm³/mol. The van der Waals surface area contributed by atoms with E-state index in [1.165, 1.54) is 0 Å². The molecule has 3 atom stereocenters. The summed E-state index contributed by atoms with van der Waals surface area (Å²) >= 11 is 0. The Morgan fingerprint density at radius 1 is 1.21 bits per heavy atom. The molecule has 0 aromatic heterocycles. The predicted octanol–water partition coefficient (Wildman–Crippen LogP) is 5.07. The number of esters is 2. The van der Waals surface area contributed by atoms with Gasteiger partial charge in [0.15, 0.2) is 13.9 Å². The van der Waals surface area contributed by atoms with Crippen LogP contribution in [0.1, 0.15) is 66.7 Å². The number of hydrogen-bond donors (Lipinski definition) is 0. The van der Waals surface area contributed by atoms with E-state index in [2.05, 4.69) is 33.4 Å². The summed E-state index contributed by atoms with van der Waals surface area (Å²) in [7, 11) is -2.14. The third-order valence-corrected chi connectivity index (χ3v) is 12.2. The molecule has 0 unspecified atom stereocenters. The zero-order valence-electron chi connectivity index (χ0n) is 18.6. The van der Waals surface area contributed by atoms with Gasteiger partial charge in [0.05, 0.1) is 6.42 Å². The van der Waals surface area contributed by atoms with Gasteiger partial charge in [-0.15, -0.1) is 6.58 Å². The number of carbonyl (C=O) groups excluding carboxylic acids is 2. The fourth-order valence-electron chi connectivity index (χ4n) is 5.63. The van der Waals surface area contributed by atoms with Gasteiger partial charge in [0, 0.05) is 12.3 Å². The van der Waals surface area contributed by atoms with Gasteiger partial charge in [-0.2, -0.15) is 0 Å². The fourth-order valence-corrected chi connectivity index (χ4v) is 8.64. The van der Waals surface area contributed by atoms with E-state index < -0.39 is 25.1 Å². The van der Waals surface area contributed by atoms with Gasteiger partial charge in [0.2, 0.25) is 0 Å². The van der Waals surface area contributed by atoms with Gasteiger partial charge >= 0.3 is 11.9 Å². The monoisotopic (exact) mass is 420 g/mol. The molecular formula is C23H36O5Si. The highest BCUT2D eigenvalue weighted by Crippen LogP contribution is 2.56. The summed E-state index contributed by atoms with van der Waals surface area (Å²) in [6.07, 6.45) is 6.61. The zero-order chi connectivity index (χ0) is 21.5. The van der Waals surface area contributed by atoms with Gasteiger partial charge < -0.3 is 13.9 Å². The summed E-state index contributed by atoms with van der Waals surface area (Å²) in [5, 5.41) is 0. The summed E-state index contributed by atoms with van der Waals surface area (Å²) < 4.78 is 18.9. The van der Waals surface area contributed by atoms with Gasteiger partial charge in [-0.3, -0.25) is 4.79 Å². The van der Waals surface area contributed by atoms with Crippen LogP contribution < -0.4 is 0 Å². The third kappa shape index (κ3) is 3.52. The van der Waals surface area contributed by atoms with Crippen LogP contribution in [0.4, 0.5) is 0 Å². The average molecular weight is 421 g/mol. The normalized spacial score (nSPS) is 33.3. The second-order valence-corrected chi connectivity index (χ2v) is 14.1. The minimum Gasteiger partial charge on any atom is -0.457 e. The van der Waals surface area contributed by atoms with E-state index in [9.17, 15) is 9.59 Å². The molecule has 0 saturated carbocycles. The molecule has 0 spiro atoms. The summed E-state index contributed by atoms with van der Waals surface area (Å²) in [5.74, 6) is -0.601. The Morgan fingerprint density at radius 2 is 1.86 bits per heavy atom. The van der Waals surface area contributed by atoms with Crippen LogP contribution in [0.25, 0.3) is 0 Å². The number of hydrogen-bond acceptors (Lipinski definition) is 5. The summed E-state index contributed by atoms with van der Waals surface area (Å²) in [6, 6.07) is 2.84. The lowest BCUT2D eigenvalue weighted by molar-refractivity contribution is -0.165. The molecule has 1 aliphatic carbocycles. The maximum Gasteiger partial charge on any atom is 0.338 e. The Hall–Kier alpha value is -1.40. The SMILES string of the molecule is C=CCC[C@]12C[C@]3(O[Si](CC)(CC)CC)C(=O)OC(C)(C)[C@@H]3CC=C1CC(=O)O2. The van der Waals surface area contributed by atoms with Crippen LogP contribution in [0.5, 0.6) is 0 Å². The van der Waals surface area contributed by atoms with E-state index in [0.717, 1.165) is 23.7 Å². The molecule has 0 radical (unpaired) electrons. The van der Waals surface area contributed by atoms with Crippen molar-refractivity contribution in [1.82, 2.24) is 0 Å². The molecule has 3 rings (SSSR count). The Kier molecular flexibility index (Phi) is 5.91. The first-order chi connectivity index (χ1) is 13.6. The van der Waals surface area contributed by atoms with Gasteiger partial charge in [0.25, 0.3) is 0 Å². The summed E-state index contributed by atoms with van der Waals surface area (Å²) in [4.78, 5) is 25.8. The first kappa shape index (κ1) is 22.3. The molecule has 2 fully saturated rings. The van der Waals surface area contributed by atoms with Crippen molar-refractivity contribution in [2.45, 2.75) is 102 Å². The Balaban J connectivity index is 2.14. The number of cyclic esters (lactones) is 1. The highest BCUT2D eigenvalue weighted by atomic mass is 28.4. The minimum absolute atomic E-state index is 0.101. The van der Waals surface area contributed by atoms with Crippen LogP contribution in [0.3, 0.4) is 0 Å². The van der Waals surface area contributed by atoms with Gasteiger partial charge in [-0.1, -0.05) is 32.9 Å². The minimum atomic E-state index is -2.14. The lowest BCUT2D eigenvalue weighted by atomic mass is 9.73. The topological polar surface area (TPSA) is 61.8 Å². The molecule has 2 saturated heterocycles. The molecule has 162 valence electrons. The molecule has 0 bridgehead atoms. The molecule has 29 heavy (non-hydrogen) atoms. The molecule has 3 aliphatic rings. The number of carbonyl (C=O) groups is 2. The Morgan fingerprint density at radius 3 is 2.45 bits per heavy atom. The average Bonchev–Trinajstić information content (AvgIpc) is 3.01. The maximum atomic E-state index is 13.5. The number of ether oxygens (including phenoxy) is 2. The quantitative estimate of drug-likeness (QED) is 0.312. The Labute approximate surface area is 176 Å². The molecule has 0 amide bonds. The van der Waals surface area contributed by atoms with Crippen molar-refractivity contribution >= 4 is 20.3 Å². The molecule has 0 aromatic rings. The molecule has 2 heterocycles. The standard InChI is InChI=1S/C23H36O5Si/c1-7-11-14-22-16-23(28-29(8-2,9-3)10-4)18(21(5,6)27-20(23)25)13-12-17(22)15-19(24)26-22/h7,12,18H,1,8-11,13-16H2,2-6H3/t18-,22-,23+/m0/s1. The van der Waals surface area contributed by atoms with Gasteiger partial charge in [-0.05, 0) is 56.8 Å². The number of allylic oxidation sites excluding steroid dienone is 2. The molecule has 0 aromatic carbocycles. The second-order valence-electron chi connectivity index (χ2n) is 9.40. The lowest BCUT2D eigenvalue weighted by Crippen LogP contribution is -2.57. The third-order valence-electron chi connectivity index (χ3n) is 7.56. The lowest BCUT2D eigenvalue weighted by Gasteiger charge is -2.44. The number of rotatable bonds is 8. The molecule has 0 N–H and O–H groups in total. The van der Waals surface area contributed by atoms with E-state index in [-0.39, 0.29) is 17.9 Å². The molecular weight excluding hydrogens is 384 g/mol. The molecule has 6 heteroatoms. The van der Waals surface area contributed by atoms with Crippen LogP contribution in [0.15, 0.2) is 24.3 Å². The van der Waals surface area contributed by atoms with Crippen LogP contribution >= 0.6 is 0 Å². The summed E-state index contributed by atoms with van der Waals surface area (Å²) in [6.45, 7) is 14.3. The van der Waals surface area contributed by atoms with Crippen molar-refractivity contribution < 1.29 is 23.5 Å². The zero-order valence-corrected chi connectivity index (χ0v) is 19.6.